The zero-order chi connectivity index (χ0) is 9.68. The molecule has 13 heavy (non-hydrogen) atoms. The molecule has 0 aliphatic carbocycles. The van der Waals surface area contributed by atoms with Crippen LogP contribution in [0.1, 0.15) is 16.6 Å². The molecule has 0 bridgehead atoms. The summed E-state index contributed by atoms with van der Waals surface area (Å²) in [7, 11) is 0. The van der Waals surface area contributed by atoms with Crippen molar-refractivity contribution in [1.82, 2.24) is 0 Å². The molecule has 0 saturated carbocycles. The summed E-state index contributed by atoms with van der Waals surface area (Å²) in [6.07, 6.45) is 1.82. The lowest BCUT2D eigenvalue weighted by molar-refractivity contribution is 0.0998. The molecule has 0 fully saturated rings. The van der Waals surface area contributed by atoms with Crippen molar-refractivity contribution in [3.63, 3.8) is 0 Å². The van der Waals surface area contributed by atoms with Gasteiger partial charge in [-0.2, -0.15) is 0 Å². The Labute approximate surface area is 86.9 Å². The van der Waals surface area contributed by atoms with Crippen LogP contribution in [0, 0.1) is 0 Å². The Bertz CT molecular complexity index is 277. The largest absolute Gasteiger partial charge is 0.292 e. The molecule has 1 atom stereocenters. The second-order valence-electron chi connectivity index (χ2n) is 2.61. The molecule has 1 unspecified atom stereocenters. The van der Waals surface area contributed by atoms with Gasteiger partial charge in [0.05, 0.1) is 10.1 Å². The summed E-state index contributed by atoms with van der Waals surface area (Å²) in [5.41, 5.74) is 0. The normalized spacial score (nSPS) is 12.4. The number of hydrogen-bond donors (Lipinski definition) is 0. The average Bonchev–Trinajstić information content (AvgIpc) is 2.65. The monoisotopic (exact) mass is 212 g/mol. The molecule has 0 aromatic carbocycles. The minimum Gasteiger partial charge on any atom is -0.292 e. The number of carbonyl (C=O) groups is 1. The van der Waals surface area contributed by atoms with Crippen LogP contribution in [0.5, 0.6) is 0 Å². The predicted molar refractivity (Wildman–Crippen MR) is 60.8 cm³/mol. The second-order valence-corrected chi connectivity index (χ2v) is 4.93. The van der Waals surface area contributed by atoms with Crippen molar-refractivity contribution in [1.29, 1.82) is 0 Å². The van der Waals surface area contributed by atoms with Crippen LogP contribution in [0.4, 0.5) is 0 Å². The van der Waals surface area contributed by atoms with E-state index in [1.54, 1.807) is 11.8 Å². The van der Waals surface area contributed by atoms with E-state index in [0.717, 1.165) is 10.6 Å². The smallest absolute Gasteiger partial charge is 0.185 e. The van der Waals surface area contributed by atoms with Crippen LogP contribution in [0.3, 0.4) is 0 Å². The second kappa shape index (κ2) is 5.25. The number of thioether (sulfide) groups is 1. The van der Waals surface area contributed by atoms with Crippen LogP contribution in [0.2, 0.25) is 0 Å². The molecule has 1 nitrogen and oxygen atoms in total. The minimum absolute atomic E-state index is 0.0386. The Balaban J connectivity index is 2.52. The maximum absolute atomic E-state index is 11.7. The summed E-state index contributed by atoms with van der Waals surface area (Å²) in [5, 5.41) is 1.97. The Hall–Kier alpha value is -0.540. The van der Waals surface area contributed by atoms with Gasteiger partial charge in [0.15, 0.2) is 5.78 Å². The van der Waals surface area contributed by atoms with E-state index in [0.29, 0.717) is 0 Å². The minimum atomic E-state index is 0.0386. The van der Waals surface area contributed by atoms with E-state index in [1.165, 1.54) is 11.3 Å². The third-order valence-electron chi connectivity index (χ3n) is 1.60. The molecule has 1 heterocycles. The summed E-state index contributed by atoms with van der Waals surface area (Å²) in [6.45, 7) is 5.57. The van der Waals surface area contributed by atoms with Gasteiger partial charge in [-0.3, -0.25) is 4.79 Å². The maximum atomic E-state index is 11.7. The molecule has 0 N–H and O–H groups in total. The molecule has 3 heteroatoms. The van der Waals surface area contributed by atoms with Crippen LogP contribution in [-0.2, 0) is 0 Å². The molecule has 0 aliphatic rings. The van der Waals surface area contributed by atoms with Crippen molar-refractivity contribution in [2.75, 3.05) is 5.75 Å². The summed E-state index contributed by atoms with van der Waals surface area (Å²) in [6, 6.07) is 3.78. The predicted octanol–water partition coefficient (Wildman–Crippen LogP) is 3.24. The Morgan fingerprint density at radius 3 is 3.15 bits per heavy atom. The zero-order valence-electron chi connectivity index (χ0n) is 7.53. The third kappa shape index (κ3) is 3.01. The highest BCUT2D eigenvalue weighted by Crippen LogP contribution is 2.19. The SMILES string of the molecule is C=CCSC(C)C(=O)c1cccs1. The highest BCUT2D eigenvalue weighted by atomic mass is 32.2. The first kappa shape index (κ1) is 10.5. The van der Waals surface area contributed by atoms with Gasteiger partial charge >= 0.3 is 0 Å². The van der Waals surface area contributed by atoms with Crippen molar-refractivity contribution in [2.24, 2.45) is 0 Å². The topological polar surface area (TPSA) is 17.1 Å². The molecule has 1 aromatic rings. The molecule has 0 spiro atoms. The van der Waals surface area contributed by atoms with Gasteiger partial charge in [0.1, 0.15) is 0 Å². The first-order chi connectivity index (χ1) is 6.25. The van der Waals surface area contributed by atoms with E-state index >= 15 is 0 Å². The van der Waals surface area contributed by atoms with Gasteiger partial charge in [-0.15, -0.1) is 29.7 Å². The first-order valence-electron chi connectivity index (χ1n) is 4.06. The summed E-state index contributed by atoms with van der Waals surface area (Å²) in [5.74, 6) is 1.06. The number of rotatable bonds is 5. The molecule has 1 aromatic heterocycles. The number of Topliss-reactive ketones (excluding diaryl/α,β-unsaturated/α-hetero) is 1. The van der Waals surface area contributed by atoms with E-state index < -0.39 is 0 Å². The van der Waals surface area contributed by atoms with Crippen molar-refractivity contribution in [3.05, 3.63) is 35.0 Å². The Kier molecular flexibility index (Phi) is 4.25. The average molecular weight is 212 g/mol. The van der Waals surface area contributed by atoms with Crippen molar-refractivity contribution >= 4 is 28.9 Å². The standard InChI is InChI=1S/C10H12OS2/c1-3-6-12-8(2)10(11)9-5-4-7-13-9/h3-5,7-8H,1,6H2,2H3. The lowest BCUT2D eigenvalue weighted by atomic mass is 10.2. The highest BCUT2D eigenvalue weighted by molar-refractivity contribution is 8.00. The van der Waals surface area contributed by atoms with Crippen LogP contribution in [0.25, 0.3) is 0 Å². The van der Waals surface area contributed by atoms with Crippen LogP contribution in [0.15, 0.2) is 30.2 Å². The van der Waals surface area contributed by atoms with Crippen LogP contribution in [-0.4, -0.2) is 16.8 Å². The van der Waals surface area contributed by atoms with Gasteiger partial charge in [-0.25, -0.2) is 0 Å². The molecule has 0 amide bonds. The number of thiophene rings is 1. The summed E-state index contributed by atoms with van der Waals surface area (Å²) >= 11 is 3.13. The van der Waals surface area contributed by atoms with E-state index in [1.807, 2.05) is 30.5 Å². The first-order valence-corrected chi connectivity index (χ1v) is 5.98. The number of carbonyl (C=O) groups excluding carboxylic acids is 1. The fourth-order valence-corrected chi connectivity index (χ4v) is 2.44. The molecular weight excluding hydrogens is 200 g/mol. The Morgan fingerprint density at radius 1 is 1.85 bits per heavy atom. The Morgan fingerprint density at radius 2 is 2.62 bits per heavy atom. The molecule has 0 radical (unpaired) electrons. The van der Waals surface area contributed by atoms with Gasteiger partial charge in [0.2, 0.25) is 0 Å². The van der Waals surface area contributed by atoms with Gasteiger partial charge in [0.25, 0.3) is 0 Å². The molecule has 70 valence electrons. The number of hydrogen-bond acceptors (Lipinski definition) is 3. The van der Waals surface area contributed by atoms with E-state index in [2.05, 4.69) is 6.58 Å². The third-order valence-corrected chi connectivity index (χ3v) is 3.62. The zero-order valence-corrected chi connectivity index (χ0v) is 9.16. The quantitative estimate of drug-likeness (QED) is 0.550. The van der Waals surface area contributed by atoms with Crippen LogP contribution < -0.4 is 0 Å². The van der Waals surface area contributed by atoms with Crippen LogP contribution >= 0.6 is 23.1 Å². The van der Waals surface area contributed by atoms with E-state index in [-0.39, 0.29) is 11.0 Å². The summed E-state index contributed by atoms with van der Waals surface area (Å²) < 4.78 is 0. The number of ketones is 1. The van der Waals surface area contributed by atoms with Gasteiger partial charge in [-0.05, 0) is 18.4 Å². The molecular formula is C10H12OS2. The lowest BCUT2D eigenvalue weighted by Crippen LogP contribution is -2.12. The van der Waals surface area contributed by atoms with Gasteiger partial charge < -0.3 is 0 Å². The molecule has 1 rings (SSSR count). The van der Waals surface area contributed by atoms with Crippen molar-refractivity contribution in [2.45, 2.75) is 12.2 Å². The maximum Gasteiger partial charge on any atom is 0.185 e. The lowest BCUT2D eigenvalue weighted by Gasteiger charge is -2.06. The highest BCUT2D eigenvalue weighted by Gasteiger charge is 2.15. The summed E-state index contributed by atoms with van der Waals surface area (Å²) in [4.78, 5) is 12.5. The molecule has 0 saturated heterocycles. The van der Waals surface area contributed by atoms with E-state index in [4.69, 9.17) is 0 Å². The van der Waals surface area contributed by atoms with E-state index in [9.17, 15) is 4.79 Å². The fourth-order valence-electron chi connectivity index (χ4n) is 0.907. The van der Waals surface area contributed by atoms with Gasteiger partial charge in [0, 0.05) is 5.75 Å². The van der Waals surface area contributed by atoms with Gasteiger partial charge in [-0.1, -0.05) is 12.1 Å². The van der Waals surface area contributed by atoms with Crippen molar-refractivity contribution < 1.29 is 4.79 Å². The fraction of sp³-hybridized carbons (Fsp3) is 0.300. The van der Waals surface area contributed by atoms with Crippen molar-refractivity contribution in [3.8, 4) is 0 Å². The molecule has 0 aliphatic heterocycles.